The molecule has 0 aromatic rings. The third-order valence-electron chi connectivity index (χ3n) is 4.02. The van der Waals surface area contributed by atoms with E-state index in [1.165, 1.54) is 0 Å². The van der Waals surface area contributed by atoms with Gasteiger partial charge in [-0.05, 0) is 0 Å². The van der Waals surface area contributed by atoms with Gasteiger partial charge in [0.1, 0.15) is 5.78 Å². The van der Waals surface area contributed by atoms with Crippen LogP contribution in [0.5, 0.6) is 0 Å². The molecule has 2 nitrogen and oxygen atoms in total. The number of ether oxygens (including phenoxy) is 1. The van der Waals surface area contributed by atoms with Gasteiger partial charge in [0.25, 0.3) is 0 Å². The Morgan fingerprint density at radius 3 is 2.00 bits per heavy atom. The number of allylic oxidation sites excluding steroid dienone is 2. The van der Waals surface area contributed by atoms with Gasteiger partial charge >= 0.3 is 0 Å². The molecule has 3 aliphatic carbocycles. The summed E-state index contributed by atoms with van der Waals surface area (Å²) in [6.07, 6.45) is 8.74. The van der Waals surface area contributed by atoms with Crippen LogP contribution in [0.2, 0.25) is 0 Å². The Labute approximate surface area is 76.3 Å². The van der Waals surface area contributed by atoms with Gasteiger partial charge in [0.15, 0.2) is 0 Å². The van der Waals surface area contributed by atoms with Gasteiger partial charge in [-0.15, -0.1) is 0 Å². The maximum atomic E-state index is 11.9. The van der Waals surface area contributed by atoms with Crippen LogP contribution in [0.3, 0.4) is 0 Å². The Morgan fingerprint density at radius 1 is 0.923 bits per heavy atom. The van der Waals surface area contributed by atoms with E-state index in [0.717, 1.165) is 0 Å². The molecule has 0 aromatic heterocycles. The summed E-state index contributed by atoms with van der Waals surface area (Å²) in [6, 6.07) is 0. The van der Waals surface area contributed by atoms with Crippen LogP contribution in [0.15, 0.2) is 24.3 Å². The lowest BCUT2D eigenvalue weighted by molar-refractivity contribution is -0.122. The molecule has 0 aromatic carbocycles. The molecule has 1 heterocycles. The van der Waals surface area contributed by atoms with Gasteiger partial charge in [-0.1, -0.05) is 24.3 Å². The summed E-state index contributed by atoms with van der Waals surface area (Å²) in [5.74, 6) is 1.72. The molecule has 0 radical (unpaired) electrons. The van der Waals surface area contributed by atoms with Crippen molar-refractivity contribution in [3.63, 3.8) is 0 Å². The van der Waals surface area contributed by atoms with E-state index in [0.29, 0.717) is 17.6 Å². The molecule has 0 spiro atoms. The molecule has 2 fully saturated rings. The summed E-state index contributed by atoms with van der Waals surface area (Å²) < 4.78 is 5.83. The van der Waals surface area contributed by atoms with E-state index in [2.05, 4.69) is 24.3 Å². The van der Waals surface area contributed by atoms with Crippen molar-refractivity contribution >= 4 is 5.78 Å². The normalized spacial score (nSPS) is 59.5. The average molecular weight is 174 g/mol. The molecule has 6 unspecified atom stereocenters. The molecule has 0 bridgehead atoms. The van der Waals surface area contributed by atoms with Crippen LogP contribution in [-0.2, 0) is 9.53 Å². The lowest BCUT2D eigenvalue weighted by Gasteiger charge is -2.10. The van der Waals surface area contributed by atoms with E-state index in [1.807, 2.05) is 0 Å². The highest BCUT2D eigenvalue weighted by molar-refractivity contribution is 5.91. The van der Waals surface area contributed by atoms with Crippen LogP contribution in [0.25, 0.3) is 0 Å². The van der Waals surface area contributed by atoms with Crippen molar-refractivity contribution in [2.75, 3.05) is 0 Å². The van der Waals surface area contributed by atoms with Crippen LogP contribution < -0.4 is 0 Å². The lowest BCUT2D eigenvalue weighted by Crippen LogP contribution is -2.16. The zero-order valence-electron chi connectivity index (χ0n) is 7.09. The van der Waals surface area contributed by atoms with E-state index in [1.54, 1.807) is 0 Å². The lowest BCUT2D eigenvalue weighted by atomic mass is 9.88. The fourth-order valence-corrected chi connectivity index (χ4v) is 3.54. The van der Waals surface area contributed by atoms with Gasteiger partial charge in [-0.25, -0.2) is 0 Å². The monoisotopic (exact) mass is 174 g/mol. The predicted molar refractivity (Wildman–Crippen MR) is 45.9 cm³/mol. The van der Waals surface area contributed by atoms with Crippen molar-refractivity contribution in [1.29, 1.82) is 0 Å². The molecular formula is C11H10O2. The number of Topliss-reactive ketones (excluding diaryl/α,β-unsaturated/α-hetero) is 1. The minimum atomic E-state index is 0.176. The zero-order valence-corrected chi connectivity index (χ0v) is 7.09. The smallest absolute Gasteiger partial charge is 0.147 e. The Balaban J connectivity index is 1.93. The summed E-state index contributed by atoms with van der Waals surface area (Å²) in [6.45, 7) is 0. The van der Waals surface area contributed by atoms with E-state index in [9.17, 15) is 4.79 Å². The molecule has 66 valence electrons. The Kier molecular flexibility index (Phi) is 0.907. The van der Waals surface area contributed by atoms with Crippen molar-refractivity contribution in [3.05, 3.63) is 24.3 Å². The molecule has 1 saturated carbocycles. The second kappa shape index (κ2) is 1.80. The van der Waals surface area contributed by atoms with Crippen molar-refractivity contribution in [3.8, 4) is 0 Å². The summed E-state index contributed by atoms with van der Waals surface area (Å²) in [5.41, 5.74) is 0. The number of rotatable bonds is 0. The number of ketones is 1. The van der Waals surface area contributed by atoms with Gasteiger partial charge in [0.2, 0.25) is 0 Å². The first-order chi connectivity index (χ1) is 6.36. The maximum Gasteiger partial charge on any atom is 0.147 e. The number of carbonyl (C=O) groups is 1. The zero-order chi connectivity index (χ0) is 8.58. The SMILES string of the molecule is O=C1C2C=CC3OC4C=CC1C4C32. The second-order valence-electron chi connectivity index (χ2n) is 4.44. The quantitative estimate of drug-likeness (QED) is 0.511. The Morgan fingerprint density at radius 2 is 1.46 bits per heavy atom. The summed E-state index contributed by atoms with van der Waals surface area (Å²) in [7, 11) is 0. The number of carbonyl (C=O) groups excluding carboxylic acids is 1. The average Bonchev–Trinajstić information content (AvgIpc) is 2.72. The highest BCUT2D eigenvalue weighted by Gasteiger charge is 2.61. The summed E-state index contributed by atoms with van der Waals surface area (Å²) in [5, 5.41) is 0. The summed E-state index contributed by atoms with van der Waals surface area (Å²) >= 11 is 0. The topological polar surface area (TPSA) is 26.3 Å². The molecule has 4 rings (SSSR count). The van der Waals surface area contributed by atoms with E-state index in [-0.39, 0.29) is 24.0 Å². The molecular weight excluding hydrogens is 164 g/mol. The van der Waals surface area contributed by atoms with Gasteiger partial charge in [-0.2, -0.15) is 0 Å². The molecule has 4 aliphatic rings. The highest BCUT2D eigenvalue weighted by atomic mass is 16.5. The number of hydrogen-bond donors (Lipinski definition) is 0. The highest BCUT2D eigenvalue weighted by Crippen LogP contribution is 2.56. The number of hydrogen-bond acceptors (Lipinski definition) is 2. The molecule has 1 aliphatic heterocycles. The minimum absolute atomic E-state index is 0.176. The fourth-order valence-electron chi connectivity index (χ4n) is 3.54. The molecule has 0 amide bonds. The third-order valence-corrected chi connectivity index (χ3v) is 4.02. The second-order valence-corrected chi connectivity index (χ2v) is 4.44. The molecule has 2 heteroatoms. The van der Waals surface area contributed by atoms with Crippen LogP contribution >= 0.6 is 0 Å². The van der Waals surface area contributed by atoms with Crippen LogP contribution in [-0.4, -0.2) is 18.0 Å². The summed E-state index contributed by atoms with van der Waals surface area (Å²) in [4.78, 5) is 11.9. The van der Waals surface area contributed by atoms with Crippen molar-refractivity contribution in [1.82, 2.24) is 0 Å². The van der Waals surface area contributed by atoms with Crippen LogP contribution in [0, 0.1) is 23.7 Å². The minimum Gasteiger partial charge on any atom is -0.366 e. The van der Waals surface area contributed by atoms with Gasteiger partial charge in [-0.3, -0.25) is 4.79 Å². The van der Waals surface area contributed by atoms with Crippen LogP contribution in [0.4, 0.5) is 0 Å². The third kappa shape index (κ3) is 0.546. The fraction of sp³-hybridized carbons (Fsp3) is 0.545. The molecule has 6 atom stereocenters. The van der Waals surface area contributed by atoms with Gasteiger partial charge < -0.3 is 4.74 Å². The predicted octanol–water partition coefficient (Wildman–Crippen LogP) is 0.941. The van der Waals surface area contributed by atoms with E-state index >= 15 is 0 Å². The van der Waals surface area contributed by atoms with Crippen molar-refractivity contribution in [2.24, 2.45) is 23.7 Å². The van der Waals surface area contributed by atoms with Gasteiger partial charge in [0.05, 0.1) is 12.2 Å². The largest absolute Gasteiger partial charge is 0.366 e. The standard InChI is InChI=1S/C11H10O2/c12-11-5-1-3-7-9(5)10-6(11)2-4-8(10)13-7/h1-10H. The van der Waals surface area contributed by atoms with Crippen molar-refractivity contribution in [2.45, 2.75) is 12.2 Å². The van der Waals surface area contributed by atoms with E-state index < -0.39 is 0 Å². The first-order valence-corrected chi connectivity index (χ1v) is 4.92. The Hall–Kier alpha value is -0.890. The molecule has 0 N–H and O–H groups in total. The first kappa shape index (κ1) is 6.55. The molecule has 13 heavy (non-hydrogen) atoms. The van der Waals surface area contributed by atoms with Crippen molar-refractivity contribution < 1.29 is 9.53 Å². The first-order valence-electron chi connectivity index (χ1n) is 4.92. The van der Waals surface area contributed by atoms with Crippen LogP contribution in [0.1, 0.15) is 0 Å². The molecule has 1 saturated heterocycles. The van der Waals surface area contributed by atoms with Gasteiger partial charge in [0, 0.05) is 23.7 Å². The maximum absolute atomic E-state index is 11.9. The van der Waals surface area contributed by atoms with E-state index in [4.69, 9.17) is 4.74 Å². The Bertz CT molecular complexity index is 323.